The third-order valence-electron chi connectivity index (χ3n) is 1.92. The normalized spacial score (nSPS) is 13.8. The molecule has 2 N–H and O–H groups in total. The molecule has 0 spiro atoms. The highest BCUT2D eigenvalue weighted by molar-refractivity contribution is 7.85. The van der Waals surface area contributed by atoms with Gasteiger partial charge >= 0.3 is 0 Å². The van der Waals surface area contributed by atoms with Crippen LogP contribution in [0.2, 0.25) is 0 Å². The van der Waals surface area contributed by atoms with Crippen LogP contribution >= 0.6 is 0 Å². The first-order valence-electron chi connectivity index (χ1n) is 4.54. The number of rotatable bonds is 4. The number of aliphatic hydroxyl groups is 1. The summed E-state index contributed by atoms with van der Waals surface area (Å²) in [5.74, 6) is 0. The quantitative estimate of drug-likeness (QED) is 0.752. The molecule has 0 amide bonds. The molecule has 0 saturated carbocycles. The molecule has 1 unspecified atom stereocenters. The molecule has 1 rings (SSSR count). The molecule has 0 aliphatic rings. The predicted molar refractivity (Wildman–Crippen MR) is 54.7 cm³/mol. The summed E-state index contributed by atoms with van der Waals surface area (Å²) in [6, 6.07) is 3.21. The zero-order chi connectivity index (χ0) is 11.5. The Morgan fingerprint density at radius 2 is 2.20 bits per heavy atom. The van der Waals surface area contributed by atoms with E-state index in [9.17, 15) is 13.5 Å². The van der Waals surface area contributed by atoms with E-state index in [4.69, 9.17) is 4.55 Å². The first-order valence-corrected chi connectivity index (χ1v) is 6.04. The summed E-state index contributed by atoms with van der Waals surface area (Å²) in [5.41, 5.74) is -1.14. The Morgan fingerprint density at radius 1 is 1.53 bits per heavy atom. The fourth-order valence-electron chi connectivity index (χ4n) is 1.23. The Morgan fingerprint density at radius 3 is 2.73 bits per heavy atom. The lowest BCUT2D eigenvalue weighted by Crippen LogP contribution is -2.12. The van der Waals surface area contributed by atoms with Crippen molar-refractivity contribution in [2.24, 2.45) is 0 Å². The van der Waals surface area contributed by atoms with E-state index in [0.29, 0.717) is 0 Å². The molecule has 84 valence electrons. The van der Waals surface area contributed by atoms with Gasteiger partial charge in [-0.2, -0.15) is 8.42 Å². The largest absolute Gasteiger partial charge is 0.370 e. The van der Waals surface area contributed by atoms with Crippen LogP contribution in [0.3, 0.4) is 0 Å². The summed E-state index contributed by atoms with van der Waals surface area (Å²) in [6.45, 7) is 1.99. The van der Waals surface area contributed by atoms with E-state index < -0.39 is 15.6 Å². The number of aliphatic hydroxyl groups excluding tert-OH is 1. The standard InChI is InChI=1S/C9H13NO4S/c1-2-3-7-4-5-10-8(6-7)9(11)15(12,13)14/h4-6,9,11H,2-3H2,1H3,(H,12,13,14). The van der Waals surface area contributed by atoms with Crippen LogP contribution in [-0.4, -0.2) is 23.1 Å². The summed E-state index contributed by atoms with van der Waals surface area (Å²) in [5, 5.41) is 9.25. The lowest BCUT2D eigenvalue weighted by atomic mass is 10.1. The molecule has 0 aromatic carbocycles. The van der Waals surface area contributed by atoms with Crippen LogP contribution in [0.5, 0.6) is 0 Å². The summed E-state index contributed by atoms with van der Waals surface area (Å²) in [7, 11) is -4.49. The first-order chi connectivity index (χ1) is 6.95. The van der Waals surface area contributed by atoms with Crippen molar-refractivity contribution in [3.05, 3.63) is 29.6 Å². The van der Waals surface area contributed by atoms with Gasteiger partial charge in [-0.3, -0.25) is 9.54 Å². The van der Waals surface area contributed by atoms with Gasteiger partial charge < -0.3 is 5.11 Å². The van der Waals surface area contributed by atoms with Gasteiger partial charge in [0.05, 0.1) is 5.69 Å². The zero-order valence-electron chi connectivity index (χ0n) is 8.29. The van der Waals surface area contributed by atoms with Gasteiger partial charge in [-0.15, -0.1) is 0 Å². The van der Waals surface area contributed by atoms with Gasteiger partial charge in [-0.05, 0) is 24.1 Å². The molecule has 0 aliphatic carbocycles. The summed E-state index contributed by atoms with van der Waals surface area (Å²) in [4.78, 5) is 3.70. The molecule has 1 heterocycles. The van der Waals surface area contributed by atoms with Gasteiger partial charge in [-0.1, -0.05) is 13.3 Å². The van der Waals surface area contributed by atoms with Gasteiger partial charge in [0, 0.05) is 6.20 Å². The van der Waals surface area contributed by atoms with Crippen LogP contribution in [0.1, 0.15) is 30.0 Å². The van der Waals surface area contributed by atoms with Crippen LogP contribution in [0, 0.1) is 0 Å². The summed E-state index contributed by atoms with van der Waals surface area (Å²) < 4.78 is 30.0. The van der Waals surface area contributed by atoms with Crippen LogP contribution in [0.15, 0.2) is 18.3 Å². The van der Waals surface area contributed by atoms with Crippen LogP contribution < -0.4 is 0 Å². The molecule has 0 saturated heterocycles. The molecular formula is C9H13NO4S. The molecule has 0 aliphatic heterocycles. The fourth-order valence-corrected chi connectivity index (χ4v) is 1.66. The van der Waals surface area contributed by atoms with Crippen molar-refractivity contribution in [1.29, 1.82) is 0 Å². The Kier molecular flexibility index (Phi) is 3.78. The Balaban J connectivity index is 3.00. The maximum Gasteiger partial charge on any atom is 0.298 e. The lowest BCUT2D eigenvalue weighted by molar-refractivity contribution is 0.234. The van der Waals surface area contributed by atoms with Crippen molar-refractivity contribution in [2.45, 2.75) is 25.2 Å². The number of pyridine rings is 1. The fraction of sp³-hybridized carbons (Fsp3) is 0.444. The minimum absolute atomic E-state index is 0.0524. The zero-order valence-corrected chi connectivity index (χ0v) is 9.11. The van der Waals surface area contributed by atoms with Crippen molar-refractivity contribution in [3.8, 4) is 0 Å². The maximum absolute atomic E-state index is 10.7. The Hall–Kier alpha value is -0.980. The number of aryl methyl sites for hydroxylation is 1. The topological polar surface area (TPSA) is 87.5 Å². The number of hydrogen-bond acceptors (Lipinski definition) is 4. The molecule has 1 aromatic rings. The van der Waals surface area contributed by atoms with Crippen molar-refractivity contribution in [3.63, 3.8) is 0 Å². The highest BCUT2D eigenvalue weighted by Crippen LogP contribution is 2.17. The SMILES string of the molecule is CCCc1ccnc(C(O)S(=O)(=O)O)c1. The van der Waals surface area contributed by atoms with Crippen LogP contribution in [-0.2, 0) is 16.5 Å². The van der Waals surface area contributed by atoms with Gasteiger partial charge in [0.15, 0.2) is 0 Å². The van der Waals surface area contributed by atoms with E-state index in [0.717, 1.165) is 18.4 Å². The van der Waals surface area contributed by atoms with E-state index in [-0.39, 0.29) is 5.69 Å². The van der Waals surface area contributed by atoms with E-state index in [1.807, 2.05) is 6.92 Å². The Bertz CT molecular complexity index is 429. The molecule has 6 heteroatoms. The molecule has 1 aromatic heterocycles. The molecule has 0 bridgehead atoms. The third kappa shape index (κ3) is 3.26. The molecular weight excluding hydrogens is 218 g/mol. The highest BCUT2D eigenvalue weighted by Gasteiger charge is 2.23. The van der Waals surface area contributed by atoms with Gasteiger partial charge in [0.1, 0.15) is 0 Å². The van der Waals surface area contributed by atoms with Gasteiger partial charge in [0.25, 0.3) is 10.1 Å². The second-order valence-corrected chi connectivity index (χ2v) is 4.68. The van der Waals surface area contributed by atoms with Crippen molar-refractivity contribution < 1.29 is 18.1 Å². The van der Waals surface area contributed by atoms with Crippen molar-refractivity contribution in [2.75, 3.05) is 0 Å². The van der Waals surface area contributed by atoms with Crippen LogP contribution in [0.25, 0.3) is 0 Å². The third-order valence-corrected chi connectivity index (χ3v) is 2.73. The number of nitrogens with zero attached hydrogens (tertiary/aromatic N) is 1. The van der Waals surface area contributed by atoms with E-state index in [2.05, 4.69) is 4.98 Å². The summed E-state index contributed by atoms with van der Waals surface area (Å²) in [6.07, 6.45) is 3.09. The van der Waals surface area contributed by atoms with Crippen molar-refractivity contribution >= 4 is 10.1 Å². The van der Waals surface area contributed by atoms with E-state index in [1.165, 1.54) is 12.3 Å². The highest BCUT2D eigenvalue weighted by atomic mass is 32.2. The number of hydrogen-bond donors (Lipinski definition) is 2. The van der Waals surface area contributed by atoms with Crippen LogP contribution in [0.4, 0.5) is 0 Å². The molecule has 0 radical (unpaired) electrons. The number of aromatic nitrogens is 1. The molecule has 5 nitrogen and oxygen atoms in total. The molecule has 15 heavy (non-hydrogen) atoms. The van der Waals surface area contributed by atoms with Crippen molar-refractivity contribution in [1.82, 2.24) is 4.98 Å². The smallest absolute Gasteiger partial charge is 0.298 e. The second kappa shape index (κ2) is 4.69. The van der Waals surface area contributed by atoms with Gasteiger partial charge in [-0.25, -0.2) is 0 Å². The maximum atomic E-state index is 10.7. The molecule has 1 atom stereocenters. The molecule has 0 fully saturated rings. The minimum atomic E-state index is -4.49. The summed E-state index contributed by atoms with van der Waals surface area (Å²) >= 11 is 0. The van der Waals surface area contributed by atoms with E-state index in [1.54, 1.807) is 6.07 Å². The Labute approximate surface area is 88.5 Å². The average molecular weight is 231 g/mol. The van der Waals surface area contributed by atoms with E-state index >= 15 is 0 Å². The lowest BCUT2D eigenvalue weighted by Gasteiger charge is -2.07. The minimum Gasteiger partial charge on any atom is -0.370 e. The predicted octanol–water partition coefficient (Wildman–Crippen LogP) is 0.913. The monoisotopic (exact) mass is 231 g/mol. The second-order valence-electron chi connectivity index (χ2n) is 3.21. The van der Waals surface area contributed by atoms with Gasteiger partial charge in [0.2, 0.25) is 5.44 Å². The first kappa shape index (κ1) is 12.1. The average Bonchev–Trinajstić information content (AvgIpc) is 2.16.